The first-order chi connectivity index (χ1) is 17.6. The summed E-state index contributed by atoms with van der Waals surface area (Å²) in [6, 6.07) is 20.0. The molecule has 2 heterocycles. The fraction of sp³-hybridized carbons (Fsp3) is 0.286. The molecule has 2 atom stereocenters. The van der Waals surface area contributed by atoms with Gasteiger partial charge in [0.15, 0.2) is 11.5 Å². The highest BCUT2D eigenvalue weighted by Crippen LogP contribution is 2.43. The summed E-state index contributed by atoms with van der Waals surface area (Å²) in [5.74, 6) is 1.99. The number of nitrogens with one attached hydrogen (secondary N) is 1. The average Bonchev–Trinajstić information content (AvgIpc) is 3.39. The molecule has 0 unspecified atom stereocenters. The van der Waals surface area contributed by atoms with Gasteiger partial charge in [-0.1, -0.05) is 30.3 Å². The van der Waals surface area contributed by atoms with Gasteiger partial charge in [0.1, 0.15) is 11.5 Å². The minimum absolute atomic E-state index is 0.0524. The van der Waals surface area contributed by atoms with Crippen LogP contribution in [0, 0.1) is 5.92 Å². The third-order valence-electron chi connectivity index (χ3n) is 6.67. The Labute approximate surface area is 209 Å². The zero-order valence-corrected chi connectivity index (χ0v) is 20.2. The van der Waals surface area contributed by atoms with Crippen molar-refractivity contribution in [3.8, 4) is 23.0 Å². The number of fused-ring (bicyclic) bond motifs is 1. The van der Waals surface area contributed by atoms with Crippen LogP contribution in [-0.2, 0) is 16.1 Å². The van der Waals surface area contributed by atoms with Crippen molar-refractivity contribution in [1.29, 1.82) is 0 Å². The summed E-state index contributed by atoms with van der Waals surface area (Å²) in [6.07, 6.45) is 0.697. The number of anilines is 1. The van der Waals surface area contributed by atoms with E-state index in [1.807, 2.05) is 54.6 Å². The van der Waals surface area contributed by atoms with Crippen LogP contribution in [0.1, 0.15) is 30.0 Å². The Hall–Kier alpha value is -4.20. The van der Waals surface area contributed by atoms with Crippen LogP contribution in [0.4, 0.5) is 5.69 Å². The van der Waals surface area contributed by atoms with Crippen LogP contribution in [-0.4, -0.2) is 32.8 Å². The van der Waals surface area contributed by atoms with Crippen LogP contribution in [0.15, 0.2) is 66.7 Å². The van der Waals surface area contributed by atoms with Crippen molar-refractivity contribution >= 4 is 17.5 Å². The molecule has 0 aromatic heterocycles. The number of amides is 2. The SMILES string of the molecule is COc1ccc([C@@H]2[C@H](C(=O)NCc3ccccc3OC)CCC(=O)N2c2ccc3c(c2)OCO3)cc1. The molecule has 1 fully saturated rings. The van der Waals surface area contributed by atoms with Crippen molar-refractivity contribution in [3.63, 3.8) is 0 Å². The minimum Gasteiger partial charge on any atom is -0.497 e. The highest BCUT2D eigenvalue weighted by molar-refractivity contribution is 5.97. The molecule has 0 aliphatic carbocycles. The Bertz CT molecular complexity index is 1260. The number of carbonyl (C=O) groups is 2. The van der Waals surface area contributed by atoms with E-state index < -0.39 is 12.0 Å². The molecule has 2 aliphatic rings. The number of hydrogen-bond acceptors (Lipinski definition) is 6. The van der Waals surface area contributed by atoms with Gasteiger partial charge in [0.25, 0.3) is 0 Å². The van der Waals surface area contributed by atoms with Gasteiger partial charge in [-0.3, -0.25) is 9.59 Å². The van der Waals surface area contributed by atoms with Gasteiger partial charge in [-0.25, -0.2) is 0 Å². The molecule has 36 heavy (non-hydrogen) atoms. The second kappa shape index (κ2) is 10.2. The Morgan fingerprint density at radius 3 is 2.56 bits per heavy atom. The zero-order valence-electron chi connectivity index (χ0n) is 20.2. The van der Waals surface area contributed by atoms with Crippen molar-refractivity contribution in [1.82, 2.24) is 5.32 Å². The molecule has 186 valence electrons. The van der Waals surface area contributed by atoms with Crippen LogP contribution in [0.3, 0.4) is 0 Å². The van der Waals surface area contributed by atoms with Crippen molar-refractivity contribution in [3.05, 3.63) is 77.9 Å². The van der Waals surface area contributed by atoms with Crippen LogP contribution in [0.2, 0.25) is 0 Å². The fourth-order valence-corrected chi connectivity index (χ4v) is 4.85. The largest absolute Gasteiger partial charge is 0.497 e. The lowest BCUT2D eigenvalue weighted by Crippen LogP contribution is -2.48. The topological polar surface area (TPSA) is 86.3 Å². The second-order valence-electron chi connectivity index (χ2n) is 8.69. The molecule has 3 aromatic carbocycles. The molecule has 8 heteroatoms. The quantitative estimate of drug-likeness (QED) is 0.536. The van der Waals surface area contributed by atoms with Gasteiger partial charge in [-0.2, -0.15) is 0 Å². The smallest absolute Gasteiger partial charge is 0.231 e. The van der Waals surface area contributed by atoms with Gasteiger partial charge in [0, 0.05) is 30.3 Å². The lowest BCUT2D eigenvalue weighted by atomic mass is 9.83. The Balaban J connectivity index is 1.48. The number of para-hydroxylation sites is 1. The maximum absolute atomic E-state index is 13.6. The summed E-state index contributed by atoms with van der Waals surface area (Å²) in [6.45, 7) is 0.468. The van der Waals surface area contributed by atoms with E-state index in [1.54, 1.807) is 31.3 Å². The summed E-state index contributed by atoms with van der Waals surface area (Å²) in [7, 11) is 3.21. The average molecular weight is 489 g/mol. The molecule has 1 N–H and O–H groups in total. The summed E-state index contributed by atoms with van der Waals surface area (Å²) in [4.78, 5) is 28.6. The lowest BCUT2D eigenvalue weighted by Gasteiger charge is -2.41. The van der Waals surface area contributed by atoms with Gasteiger partial charge in [0.2, 0.25) is 18.6 Å². The molecular weight excluding hydrogens is 460 g/mol. The first kappa shape index (κ1) is 23.5. The Kier molecular flexibility index (Phi) is 6.66. The van der Waals surface area contributed by atoms with E-state index in [4.69, 9.17) is 18.9 Å². The number of hydrogen-bond donors (Lipinski definition) is 1. The molecule has 2 amide bonds. The molecule has 0 radical (unpaired) electrons. The Morgan fingerprint density at radius 2 is 1.78 bits per heavy atom. The number of carbonyl (C=O) groups excluding carboxylic acids is 2. The molecular formula is C28H28N2O6. The predicted octanol–water partition coefficient (Wildman–Crippen LogP) is 4.23. The third kappa shape index (κ3) is 4.54. The predicted molar refractivity (Wildman–Crippen MR) is 133 cm³/mol. The number of rotatable bonds is 7. The van der Waals surface area contributed by atoms with Gasteiger partial charge in [-0.15, -0.1) is 0 Å². The lowest BCUT2D eigenvalue weighted by molar-refractivity contribution is -0.129. The number of methoxy groups -OCH3 is 2. The number of nitrogens with zero attached hydrogens (tertiary/aromatic N) is 1. The number of ether oxygens (including phenoxy) is 4. The first-order valence-electron chi connectivity index (χ1n) is 11.8. The van der Waals surface area contributed by atoms with Crippen molar-refractivity contribution in [2.24, 2.45) is 5.92 Å². The maximum Gasteiger partial charge on any atom is 0.231 e. The highest BCUT2D eigenvalue weighted by Gasteiger charge is 2.41. The first-order valence-corrected chi connectivity index (χ1v) is 11.8. The standard InChI is InChI=1S/C28H28N2O6/c1-33-21-10-7-18(8-11-21)27-22(28(32)29-16-19-5-3-4-6-23(19)34-2)12-14-26(31)30(27)20-9-13-24-25(15-20)36-17-35-24/h3-11,13,15,22,27H,12,14,16-17H2,1-2H3,(H,29,32)/t22-,27-/m1/s1. The molecule has 5 rings (SSSR count). The van der Waals surface area contributed by atoms with E-state index >= 15 is 0 Å². The van der Waals surface area contributed by atoms with Crippen LogP contribution < -0.4 is 29.2 Å². The van der Waals surface area contributed by atoms with Crippen molar-refractivity contribution in [2.75, 3.05) is 25.9 Å². The molecule has 8 nitrogen and oxygen atoms in total. The van der Waals surface area contributed by atoms with Gasteiger partial charge in [-0.05, 0) is 42.3 Å². The monoisotopic (exact) mass is 488 g/mol. The van der Waals surface area contributed by atoms with E-state index in [0.717, 1.165) is 11.1 Å². The van der Waals surface area contributed by atoms with E-state index in [-0.39, 0.29) is 25.0 Å². The molecule has 0 bridgehead atoms. The molecule has 0 saturated carbocycles. The molecule has 3 aromatic rings. The zero-order chi connectivity index (χ0) is 25.1. The molecule has 1 saturated heterocycles. The van der Waals surface area contributed by atoms with E-state index in [2.05, 4.69) is 5.32 Å². The van der Waals surface area contributed by atoms with E-state index in [9.17, 15) is 9.59 Å². The maximum atomic E-state index is 13.6. The fourth-order valence-electron chi connectivity index (χ4n) is 4.85. The number of piperidine rings is 1. The van der Waals surface area contributed by atoms with Crippen LogP contribution in [0.25, 0.3) is 0 Å². The van der Waals surface area contributed by atoms with E-state index in [0.29, 0.717) is 41.7 Å². The third-order valence-corrected chi connectivity index (χ3v) is 6.67. The van der Waals surface area contributed by atoms with Crippen molar-refractivity contribution < 1.29 is 28.5 Å². The summed E-state index contributed by atoms with van der Waals surface area (Å²) in [5.41, 5.74) is 2.39. The van der Waals surface area contributed by atoms with Gasteiger partial charge in [0.05, 0.1) is 26.2 Å². The molecule has 0 spiro atoms. The summed E-state index contributed by atoms with van der Waals surface area (Å²) < 4.78 is 21.7. The minimum atomic E-state index is -0.504. The summed E-state index contributed by atoms with van der Waals surface area (Å²) >= 11 is 0. The molecule has 2 aliphatic heterocycles. The van der Waals surface area contributed by atoms with Crippen LogP contribution >= 0.6 is 0 Å². The normalized spacial score (nSPS) is 18.6. The van der Waals surface area contributed by atoms with E-state index in [1.165, 1.54) is 0 Å². The van der Waals surface area contributed by atoms with Gasteiger partial charge >= 0.3 is 0 Å². The Morgan fingerprint density at radius 1 is 1.00 bits per heavy atom. The second-order valence-corrected chi connectivity index (χ2v) is 8.69. The summed E-state index contributed by atoms with van der Waals surface area (Å²) in [5, 5.41) is 3.07. The number of benzene rings is 3. The van der Waals surface area contributed by atoms with Crippen molar-refractivity contribution in [2.45, 2.75) is 25.4 Å². The van der Waals surface area contributed by atoms with Gasteiger partial charge < -0.3 is 29.2 Å². The highest BCUT2D eigenvalue weighted by atomic mass is 16.7. The van der Waals surface area contributed by atoms with Crippen LogP contribution in [0.5, 0.6) is 23.0 Å².